The van der Waals surface area contributed by atoms with Gasteiger partial charge in [0.2, 0.25) is 5.96 Å². The smallest absolute Gasteiger partial charge is 0.221 e. The topological polar surface area (TPSA) is 72.6 Å². The number of rotatable bonds is 4. The van der Waals surface area contributed by atoms with Gasteiger partial charge in [0.15, 0.2) is 0 Å². The molecule has 3 N–H and O–H groups in total. The van der Waals surface area contributed by atoms with Crippen molar-refractivity contribution < 1.29 is 0 Å². The Hall–Kier alpha value is -1.65. The van der Waals surface area contributed by atoms with Crippen molar-refractivity contribution in [2.45, 2.75) is 6.92 Å². The number of hydrogen-bond acceptors (Lipinski definition) is 3. The van der Waals surface area contributed by atoms with Gasteiger partial charge in [-0.05, 0) is 13.6 Å². The Balaban J connectivity index is 4.36. The molecule has 0 aliphatic rings. The molecule has 0 rings (SSSR count). The van der Waals surface area contributed by atoms with Crippen LogP contribution in [0.3, 0.4) is 0 Å². The van der Waals surface area contributed by atoms with Crippen LogP contribution >= 0.6 is 0 Å². The van der Waals surface area contributed by atoms with E-state index in [9.17, 15) is 0 Å². The van der Waals surface area contributed by atoms with Crippen molar-refractivity contribution in [2.75, 3.05) is 13.6 Å². The zero-order valence-corrected chi connectivity index (χ0v) is 7.96. The third-order valence-electron chi connectivity index (χ3n) is 1.17. The minimum Gasteiger partial charge on any atom is -0.392 e. The number of allylic oxidation sites excluding steroid dienone is 1. The van der Waals surface area contributed by atoms with Crippen LogP contribution in [-0.2, 0) is 0 Å². The van der Waals surface area contributed by atoms with Crippen molar-refractivity contribution in [3.63, 3.8) is 0 Å². The zero-order valence-electron chi connectivity index (χ0n) is 7.96. The first-order valence-electron chi connectivity index (χ1n) is 3.94. The molecular weight excluding hydrogens is 166 g/mol. The predicted molar refractivity (Wildman–Crippen MR) is 56.6 cm³/mol. The zero-order chi connectivity index (χ0) is 10.1. The highest BCUT2D eigenvalue weighted by molar-refractivity contribution is 5.91. The molecule has 5 heteroatoms. The van der Waals surface area contributed by atoms with Crippen LogP contribution in [0.4, 0.5) is 0 Å². The Labute approximate surface area is 78.2 Å². The van der Waals surface area contributed by atoms with E-state index < -0.39 is 0 Å². The molecular formula is C8H15N5. The molecule has 0 radical (unpaired) electrons. The SMILES string of the molecule is C=N/C(=N\CC)N/C(C=N)=C/NC. The molecule has 0 fully saturated rings. The molecule has 5 nitrogen and oxygen atoms in total. The standard InChI is InChI=1S/C8H15N5/c1-4-12-8(11-3)13-7(5-9)6-10-2/h5-6,9-10H,3-4H2,1-2H3,(H,12,13)/b7-6+,9-5?. The predicted octanol–water partition coefficient (Wildman–Crippen LogP) is 0.363. The third-order valence-corrected chi connectivity index (χ3v) is 1.17. The quantitative estimate of drug-likeness (QED) is 0.433. The van der Waals surface area contributed by atoms with E-state index in [0.717, 1.165) is 0 Å². The van der Waals surface area contributed by atoms with E-state index in [1.54, 1.807) is 13.2 Å². The van der Waals surface area contributed by atoms with Gasteiger partial charge in [-0.2, -0.15) is 0 Å². The summed E-state index contributed by atoms with van der Waals surface area (Å²) in [5, 5.41) is 12.7. The first-order chi connectivity index (χ1) is 6.28. The Morgan fingerprint density at radius 1 is 1.62 bits per heavy atom. The monoisotopic (exact) mass is 181 g/mol. The lowest BCUT2D eigenvalue weighted by atomic mass is 10.5. The highest BCUT2D eigenvalue weighted by Gasteiger charge is 1.95. The van der Waals surface area contributed by atoms with Crippen LogP contribution in [0.1, 0.15) is 6.92 Å². The van der Waals surface area contributed by atoms with Crippen LogP contribution in [0.15, 0.2) is 21.9 Å². The summed E-state index contributed by atoms with van der Waals surface area (Å²) in [6.07, 6.45) is 2.82. The van der Waals surface area contributed by atoms with Crippen molar-refractivity contribution in [3.05, 3.63) is 11.9 Å². The van der Waals surface area contributed by atoms with Gasteiger partial charge < -0.3 is 16.0 Å². The number of nitrogens with zero attached hydrogens (tertiary/aromatic N) is 2. The van der Waals surface area contributed by atoms with E-state index in [4.69, 9.17) is 5.41 Å². The fourth-order valence-electron chi connectivity index (χ4n) is 0.677. The van der Waals surface area contributed by atoms with Gasteiger partial charge >= 0.3 is 0 Å². The molecule has 0 unspecified atom stereocenters. The van der Waals surface area contributed by atoms with Gasteiger partial charge in [0.05, 0.1) is 5.70 Å². The van der Waals surface area contributed by atoms with Crippen molar-refractivity contribution in [2.24, 2.45) is 9.98 Å². The molecule has 0 heterocycles. The maximum Gasteiger partial charge on any atom is 0.221 e. The van der Waals surface area contributed by atoms with E-state index in [1.165, 1.54) is 6.21 Å². The van der Waals surface area contributed by atoms with Crippen LogP contribution in [0, 0.1) is 5.41 Å². The minimum absolute atomic E-state index is 0.424. The minimum atomic E-state index is 0.424. The number of hydrogen-bond donors (Lipinski definition) is 3. The Kier molecular flexibility index (Phi) is 6.13. The lowest BCUT2D eigenvalue weighted by Crippen LogP contribution is -2.23. The van der Waals surface area contributed by atoms with Gasteiger partial charge in [0.1, 0.15) is 0 Å². The van der Waals surface area contributed by atoms with Gasteiger partial charge in [-0.1, -0.05) is 0 Å². The second-order valence-corrected chi connectivity index (χ2v) is 2.11. The summed E-state index contributed by atoms with van der Waals surface area (Å²) in [7, 11) is 1.75. The van der Waals surface area contributed by atoms with Gasteiger partial charge in [-0.3, -0.25) is 4.99 Å². The Morgan fingerprint density at radius 3 is 2.69 bits per heavy atom. The first-order valence-corrected chi connectivity index (χ1v) is 3.94. The second kappa shape index (κ2) is 7.02. The highest BCUT2D eigenvalue weighted by Crippen LogP contribution is 1.84. The van der Waals surface area contributed by atoms with Crippen LogP contribution in [0.25, 0.3) is 0 Å². The number of aliphatic imine (C=N–C) groups is 2. The summed E-state index contributed by atoms with van der Waals surface area (Å²) in [6.45, 7) is 5.89. The Bertz CT molecular complexity index is 205. The molecule has 0 aromatic rings. The fraction of sp³-hybridized carbons (Fsp3) is 0.375. The molecule has 0 bridgehead atoms. The summed E-state index contributed by atoms with van der Waals surface area (Å²) in [5.41, 5.74) is 0.585. The fourth-order valence-corrected chi connectivity index (χ4v) is 0.677. The van der Waals surface area contributed by atoms with Crippen LogP contribution < -0.4 is 10.6 Å². The largest absolute Gasteiger partial charge is 0.392 e. The van der Waals surface area contributed by atoms with E-state index in [0.29, 0.717) is 18.2 Å². The van der Waals surface area contributed by atoms with E-state index in [-0.39, 0.29) is 0 Å². The second-order valence-electron chi connectivity index (χ2n) is 2.11. The van der Waals surface area contributed by atoms with E-state index >= 15 is 0 Å². The van der Waals surface area contributed by atoms with Crippen LogP contribution in [0.5, 0.6) is 0 Å². The van der Waals surface area contributed by atoms with Crippen molar-refractivity contribution in [1.82, 2.24) is 10.6 Å². The molecule has 0 atom stereocenters. The van der Waals surface area contributed by atoms with Gasteiger partial charge in [-0.15, -0.1) is 0 Å². The molecule has 0 aromatic carbocycles. The van der Waals surface area contributed by atoms with E-state index in [2.05, 4.69) is 27.3 Å². The average Bonchev–Trinajstić information content (AvgIpc) is 2.16. The van der Waals surface area contributed by atoms with Crippen LogP contribution in [0.2, 0.25) is 0 Å². The van der Waals surface area contributed by atoms with Crippen molar-refractivity contribution in [3.8, 4) is 0 Å². The molecule has 0 saturated carbocycles. The Morgan fingerprint density at radius 2 is 2.31 bits per heavy atom. The number of guanidine groups is 1. The third kappa shape index (κ3) is 4.73. The lowest BCUT2D eigenvalue weighted by molar-refractivity contribution is 1.03. The maximum absolute atomic E-state index is 7.05. The highest BCUT2D eigenvalue weighted by atomic mass is 15.1. The molecule has 0 aliphatic carbocycles. The first kappa shape index (κ1) is 11.4. The van der Waals surface area contributed by atoms with E-state index in [1.807, 2.05) is 6.92 Å². The van der Waals surface area contributed by atoms with Crippen molar-refractivity contribution in [1.29, 1.82) is 5.41 Å². The summed E-state index contributed by atoms with van der Waals surface area (Å²) in [4.78, 5) is 7.68. The van der Waals surface area contributed by atoms with Gasteiger partial charge in [0.25, 0.3) is 0 Å². The summed E-state index contributed by atoms with van der Waals surface area (Å²) >= 11 is 0. The lowest BCUT2D eigenvalue weighted by Gasteiger charge is -2.04. The number of nitrogens with one attached hydrogen (secondary N) is 3. The molecule has 0 amide bonds. The van der Waals surface area contributed by atoms with Gasteiger partial charge in [-0.25, -0.2) is 4.99 Å². The normalized spacial score (nSPS) is 12.2. The molecule has 0 aromatic heterocycles. The molecule has 72 valence electrons. The van der Waals surface area contributed by atoms with Crippen molar-refractivity contribution >= 4 is 18.9 Å². The molecule has 0 saturated heterocycles. The summed E-state index contributed by atoms with van der Waals surface area (Å²) in [6, 6.07) is 0. The summed E-state index contributed by atoms with van der Waals surface area (Å²) < 4.78 is 0. The molecule has 0 spiro atoms. The summed E-state index contributed by atoms with van der Waals surface area (Å²) in [5.74, 6) is 0.424. The average molecular weight is 181 g/mol. The maximum atomic E-state index is 7.05. The van der Waals surface area contributed by atoms with Gasteiger partial charge in [0, 0.05) is 26.0 Å². The molecule has 0 aliphatic heterocycles. The molecule has 13 heavy (non-hydrogen) atoms. The van der Waals surface area contributed by atoms with Crippen LogP contribution in [-0.4, -0.2) is 32.5 Å².